The Balaban J connectivity index is 2.02. The van der Waals surface area contributed by atoms with E-state index < -0.39 is 23.5 Å². The van der Waals surface area contributed by atoms with E-state index in [0.29, 0.717) is 49.1 Å². The molecular formula is C19H20F6N6S. The van der Waals surface area contributed by atoms with E-state index in [-0.39, 0.29) is 33.5 Å². The molecule has 0 atom stereocenters. The van der Waals surface area contributed by atoms with Gasteiger partial charge in [0.25, 0.3) is 0 Å². The molecule has 0 radical (unpaired) electrons. The molecule has 6 nitrogen and oxygen atoms in total. The molecule has 32 heavy (non-hydrogen) atoms. The molecule has 0 saturated carbocycles. The highest BCUT2D eigenvalue weighted by Crippen LogP contribution is 2.40. The van der Waals surface area contributed by atoms with E-state index in [0.717, 1.165) is 0 Å². The summed E-state index contributed by atoms with van der Waals surface area (Å²) < 4.78 is 80.9. The lowest BCUT2D eigenvalue weighted by Gasteiger charge is -2.14. The van der Waals surface area contributed by atoms with Gasteiger partial charge in [0.15, 0.2) is 22.1 Å². The normalized spacial score (nSPS) is 12.8. The Morgan fingerprint density at radius 2 is 1.66 bits per heavy atom. The molecular weight excluding hydrogens is 458 g/mol. The summed E-state index contributed by atoms with van der Waals surface area (Å²) in [7, 11) is 0. The summed E-state index contributed by atoms with van der Waals surface area (Å²) in [6.45, 7) is 4.98. The Labute approximate surface area is 183 Å². The van der Waals surface area contributed by atoms with Crippen molar-refractivity contribution >= 4 is 28.7 Å². The van der Waals surface area contributed by atoms with Crippen molar-refractivity contribution in [1.82, 2.24) is 24.8 Å². The van der Waals surface area contributed by atoms with Crippen molar-refractivity contribution in [3.63, 3.8) is 0 Å². The first-order chi connectivity index (χ1) is 14.9. The van der Waals surface area contributed by atoms with E-state index in [1.54, 1.807) is 4.57 Å². The average molecular weight is 478 g/mol. The number of nitrogens with one attached hydrogen (secondary N) is 1. The molecule has 13 heteroatoms. The highest BCUT2D eigenvalue weighted by Gasteiger charge is 2.37. The van der Waals surface area contributed by atoms with Crippen LogP contribution < -0.4 is 11.1 Å². The molecule has 2 heterocycles. The first kappa shape index (κ1) is 24.1. The fourth-order valence-electron chi connectivity index (χ4n) is 2.93. The molecule has 0 bridgehead atoms. The Bertz CT molecular complexity index is 1060. The lowest BCUT2D eigenvalue weighted by atomic mass is 10.1. The Morgan fingerprint density at radius 3 is 2.22 bits per heavy atom. The van der Waals surface area contributed by atoms with Gasteiger partial charge in [-0.15, -0.1) is 0 Å². The topological polar surface area (TPSA) is 81.7 Å². The Kier molecular flexibility index (Phi) is 6.89. The number of hydrogen-bond acceptors (Lipinski definition) is 6. The Hall–Kier alpha value is -2.54. The fourth-order valence-corrected chi connectivity index (χ4v) is 3.94. The molecule has 0 saturated heterocycles. The highest BCUT2D eigenvalue weighted by molar-refractivity contribution is 7.99. The van der Waals surface area contributed by atoms with Gasteiger partial charge in [0.2, 0.25) is 0 Å². The SMILES string of the molecule is CC(C)NCCCn1c(Sc2cc(C(F)(F)F)cc(C(F)(F)F)c2)nc2c(N)ncnc21. The van der Waals surface area contributed by atoms with Crippen molar-refractivity contribution < 1.29 is 26.3 Å². The molecule has 0 aliphatic heterocycles. The second kappa shape index (κ2) is 9.14. The molecule has 3 N–H and O–H groups in total. The van der Waals surface area contributed by atoms with Crippen LogP contribution in [0.4, 0.5) is 32.2 Å². The number of imidazole rings is 1. The monoisotopic (exact) mass is 478 g/mol. The minimum atomic E-state index is -4.94. The molecule has 2 aromatic heterocycles. The van der Waals surface area contributed by atoms with Crippen LogP contribution in [0.2, 0.25) is 0 Å². The van der Waals surface area contributed by atoms with Crippen LogP contribution in [-0.4, -0.2) is 32.1 Å². The molecule has 0 fully saturated rings. The van der Waals surface area contributed by atoms with Gasteiger partial charge in [0, 0.05) is 17.5 Å². The maximum atomic E-state index is 13.2. The number of nitrogens with zero attached hydrogens (tertiary/aromatic N) is 4. The molecule has 0 aliphatic rings. The molecule has 3 rings (SSSR count). The average Bonchev–Trinajstić information content (AvgIpc) is 3.02. The number of halogens is 6. The quantitative estimate of drug-likeness (QED) is 0.368. The van der Waals surface area contributed by atoms with E-state index in [1.807, 2.05) is 13.8 Å². The van der Waals surface area contributed by atoms with Crippen LogP contribution in [0.1, 0.15) is 31.4 Å². The number of aryl methyl sites for hydroxylation is 1. The smallest absolute Gasteiger partial charge is 0.382 e. The second-order valence-electron chi connectivity index (χ2n) is 7.28. The van der Waals surface area contributed by atoms with Crippen LogP contribution in [0.3, 0.4) is 0 Å². The number of aromatic nitrogens is 4. The summed E-state index contributed by atoms with van der Waals surface area (Å²) >= 11 is 0.682. The van der Waals surface area contributed by atoms with Crippen molar-refractivity contribution in [2.45, 2.75) is 55.3 Å². The van der Waals surface area contributed by atoms with Gasteiger partial charge in [-0.25, -0.2) is 15.0 Å². The number of benzene rings is 1. The minimum absolute atomic E-state index is 0.0657. The first-order valence-electron chi connectivity index (χ1n) is 9.53. The largest absolute Gasteiger partial charge is 0.416 e. The summed E-state index contributed by atoms with van der Waals surface area (Å²) in [6, 6.07) is 1.68. The first-order valence-corrected chi connectivity index (χ1v) is 10.4. The van der Waals surface area contributed by atoms with E-state index in [9.17, 15) is 26.3 Å². The third kappa shape index (κ3) is 5.63. The van der Waals surface area contributed by atoms with E-state index >= 15 is 0 Å². The van der Waals surface area contributed by atoms with Gasteiger partial charge in [0.05, 0.1) is 11.1 Å². The van der Waals surface area contributed by atoms with Crippen molar-refractivity contribution in [1.29, 1.82) is 0 Å². The van der Waals surface area contributed by atoms with Crippen molar-refractivity contribution in [2.24, 2.45) is 0 Å². The van der Waals surface area contributed by atoms with Crippen LogP contribution >= 0.6 is 11.8 Å². The number of nitrogens with two attached hydrogens (primary N) is 1. The van der Waals surface area contributed by atoms with E-state index in [1.165, 1.54) is 6.33 Å². The lowest BCUT2D eigenvalue weighted by molar-refractivity contribution is -0.143. The standard InChI is InChI=1S/C19H20F6N6S/c1-10(2)27-4-3-5-31-16-14(15(26)28-9-29-16)30-17(31)32-13-7-11(18(20,21)22)6-12(8-13)19(23,24)25/h6-10,27H,3-5H2,1-2H3,(H2,26,28,29). The van der Waals surface area contributed by atoms with Gasteiger partial charge in [-0.1, -0.05) is 25.6 Å². The molecule has 0 amide bonds. The maximum Gasteiger partial charge on any atom is 0.416 e. The second-order valence-corrected chi connectivity index (χ2v) is 8.32. The number of anilines is 1. The van der Waals surface area contributed by atoms with E-state index in [4.69, 9.17) is 5.73 Å². The predicted molar refractivity (Wildman–Crippen MR) is 108 cm³/mol. The maximum absolute atomic E-state index is 13.2. The van der Waals surface area contributed by atoms with Crippen LogP contribution in [0, 0.1) is 0 Å². The van der Waals surface area contributed by atoms with Crippen LogP contribution in [0.15, 0.2) is 34.6 Å². The molecule has 3 aromatic rings. The van der Waals surface area contributed by atoms with Crippen LogP contribution in [0.25, 0.3) is 11.2 Å². The van der Waals surface area contributed by atoms with Crippen molar-refractivity contribution in [2.75, 3.05) is 12.3 Å². The van der Waals surface area contributed by atoms with Gasteiger partial charge in [0.1, 0.15) is 6.33 Å². The third-order valence-electron chi connectivity index (χ3n) is 4.41. The summed E-state index contributed by atoms with van der Waals surface area (Å²) in [4.78, 5) is 12.0. The van der Waals surface area contributed by atoms with Crippen molar-refractivity contribution in [3.05, 3.63) is 35.7 Å². The zero-order chi connectivity index (χ0) is 23.7. The zero-order valence-electron chi connectivity index (χ0n) is 17.1. The molecule has 0 aliphatic carbocycles. The Morgan fingerprint density at radius 1 is 1.03 bits per heavy atom. The van der Waals surface area contributed by atoms with Crippen LogP contribution in [-0.2, 0) is 18.9 Å². The summed E-state index contributed by atoms with van der Waals surface area (Å²) in [5.74, 6) is 0.0657. The molecule has 174 valence electrons. The van der Waals surface area contributed by atoms with E-state index in [2.05, 4.69) is 20.3 Å². The van der Waals surface area contributed by atoms with Gasteiger partial charge < -0.3 is 15.6 Å². The van der Waals surface area contributed by atoms with Gasteiger partial charge in [-0.2, -0.15) is 26.3 Å². The molecule has 1 aromatic carbocycles. The fraction of sp³-hybridized carbons (Fsp3) is 0.421. The third-order valence-corrected chi connectivity index (χ3v) is 5.37. The van der Waals surface area contributed by atoms with Gasteiger partial charge in [-0.05, 0) is 31.2 Å². The minimum Gasteiger partial charge on any atom is -0.382 e. The summed E-state index contributed by atoms with van der Waals surface area (Å²) in [5.41, 5.74) is 3.65. The van der Waals surface area contributed by atoms with Crippen LogP contribution in [0.5, 0.6) is 0 Å². The van der Waals surface area contributed by atoms with Crippen molar-refractivity contribution in [3.8, 4) is 0 Å². The summed E-state index contributed by atoms with van der Waals surface area (Å²) in [6.07, 6.45) is -8.02. The number of hydrogen-bond donors (Lipinski definition) is 2. The number of nitrogen functional groups attached to an aromatic ring is 1. The van der Waals surface area contributed by atoms with Gasteiger partial charge >= 0.3 is 12.4 Å². The predicted octanol–water partition coefficient (Wildman–Crippen LogP) is 4.99. The number of rotatable bonds is 7. The zero-order valence-corrected chi connectivity index (χ0v) is 17.9. The number of fused-ring (bicyclic) bond motifs is 1. The lowest BCUT2D eigenvalue weighted by Crippen LogP contribution is -2.24. The highest BCUT2D eigenvalue weighted by atomic mass is 32.2. The molecule has 0 spiro atoms. The van der Waals surface area contributed by atoms with Gasteiger partial charge in [-0.3, -0.25) is 0 Å². The number of alkyl halides is 6. The summed E-state index contributed by atoms with van der Waals surface area (Å²) in [5, 5.41) is 3.41. The molecule has 0 unspecified atom stereocenters.